The summed E-state index contributed by atoms with van der Waals surface area (Å²) in [4.78, 5) is 10.7. The molecule has 1 saturated heterocycles. The zero-order valence-corrected chi connectivity index (χ0v) is 6.70. The van der Waals surface area contributed by atoms with E-state index < -0.39 is 0 Å². The molecule has 1 heterocycles. The Kier molecular flexibility index (Phi) is 2.84. The topological polar surface area (TPSA) is 48.1 Å². The van der Waals surface area contributed by atoms with Crippen LogP contribution < -0.4 is 0 Å². The van der Waals surface area contributed by atoms with Crippen LogP contribution in [0.25, 0.3) is 0 Å². The Morgan fingerprint density at radius 1 is 1.64 bits per heavy atom. The van der Waals surface area contributed by atoms with Gasteiger partial charge >= 0.3 is 5.97 Å². The van der Waals surface area contributed by atoms with Crippen molar-refractivity contribution < 1.29 is 19.0 Å². The van der Waals surface area contributed by atoms with E-state index in [0.29, 0.717) is 6.61 Å². The van der Waals surface area contributed by atoms with Gasteiger partial charge in [0.05, 0.1) is 6.10 Å². The molecule has 4 heteroatoms. The molecule has 2 unspecified atom stereocenters. The van der Waals surface area contributed by atoms with Crippen LogP contribution in [0.15, 0.2) is 0 Å². The smallest absolute Gasteiger partial charge is 0.332 e. The summed E-state index contributed by atoms with van der Waals surface area (Å²) in [5.41, 5.74) is 0. The van der Waals surface area contributed by atoms with Crippen LogP contribution in [0.1, 0.15) is 6.92 Å². The fourth-order valence-electron chi connectivity index (χ4n) is 0.740. The molecule has 0 spiro atoms. The highest BCUT2D eigenvalue weighted by atomic mass is 16.6. The lowest BCUT2D eigenvalue weighted by molar-refractivity contribution is -0.148. The summed E-state index contributed by atoms with van der Waals surface area (Å²) in [7, 11) is 1.46. The third-order valence-electron chi connectivity index (χ3n) is 1.51. The second-order valence-electron chi connectivity index (χ2n) is 2.50. The maximum absolute atomic E-state index is 10.7. The molecule has 0 aromatic heterocycles. The van der Waals surface area contributed by atoms with E-state index in [1.54, 1.807) is 0 Å². The van der Waals surface area contributed by atoms with Crippen LogP contribution in [0.3, 0.4) is 0 Å². The number of hydrogen-bond acceptors (Lipinski definition) is 4. The van der Waals surface area contributed by atoms with E-state index in [1.807, 2.05) is 6.92 Å². The predicted molar refractivity (Wildman–Crippen MR) is 37.2 cm³/mol. The first-order valence-electron chi connectivity index (χ1n) is 3.54. The maximum Gasteiger partial charge on any atom is 0.332 e. The molecule has 1 rings (SSSR count). The van der Waals surface area contributed by atoms with E-state index in [0.717, 1.165) is 0 Å². The molecule has 0 N–H and O–H groups in total. The Morgan fingerprint density at radius 3 is 2.73 bits per heavy atom. The lowest BCUT2D eigenvalue weighted by atomic mass is 10.4. The summed E-state index contributed by atoms with van der Waals surface area (Å²) in [5, 5.41) is 0. The third-order valence-corrected chi connectivity index (χ3v) is 1.51. The second kappa shape index (κ2) is 3.69. The SMILES string of the molecule is COCC(=O)OCC1OC1C. The highest BCUT2D eigenvalue weighted by Gasteiger charge is 2.35. The van der Waals surface area contributed by atoms with Gasteiger partial charge in [-0.25, -0.2) is 4.79 Å². The summed E-state index contributed by atoms with van der Waals surface area (Å²) >= 11 is 0. The van der Waals surface area contributed by atoms with Gasteiger partial charge in [-0.15, -0.1) is 0 Å². The zero-order valence-electron chi connectivity index (χ0n) is 6.70. The minimum Gasteiger partial charge on any atom is -0.461 e. The van der Waals surface area contributed by atoms with Gasteiger partial charge < -0.3 is 14.2 Å². The Labute approximate surface area is 65.4 Å². The molecule has 4 nitrogen and oxygen atoms in total. The van der Waals surface area contributed by atoms with Crippen LogP contribution in [-0.4, -0.2) is 38.5 Å². The Morgan fingerprint density at radius 2 is 2.27 bits per heavy atom. The number of methoxy groups -OCH3 is 1. The van der Waals surface area contributed by atoms with E-state index in [2.05, 4.69) is 4.74 Å². The average Bonchev–Trinajstić information content (AvgIpc) is 2.63. The summed E-state index contributed by atoms with van der Waals surface area (Å²) in [6.07, 6.45) is 0.348. The maximum atomic E-state index is 10.7. The molecule has 1 aliphatic heterocycles. The minimum atomic E-state index is -0.338. The van der Waals surface area contributed by atoms with Crippen molar-refractivity contribution >= 4 is 5.97 Å². The largest absolute Gasteiger partial charge is 0.461 e. The van der Waals surface area contributed by atoms with Gasteiger partial charge in [0.25, 0.3) is 0 Å². The van der Waals surface area contributed by atoms with Crippen LogP contribution in [0.5, 0.6) is 0 Å². The second-order valence-corrected chi connectivity index (χ2v) is 2.50. The lowest BCUT2D eigenvalue weighted by Crippen LogP contribution is -2.15. The van der Waals surface area contributed by atoms with Crippen LogP contribution in [-0.2, 0) is 19.0 Å². The Bertz CT molecular complexity index is 145. The zero-order chi connectivity index (χ0) is 8.27. The molecular weight excluding hydrogens is 148 g/mol. The summed E-state index contributed by atoms with van der Waals surface area (Å²) in [5.74, 6) is -0.338. The molecule has 0 radical (unpaired) electrons. The number of esters is 1. The quantitative estimate of drug-likeness (QED) is 0.428. The standard InChI is InChI=1S/C7H12O4/c1-5-6(11-5)3-10-7(8)4-9-2/h5-6H,3-4H2,1-2H3. The van der Waals surface area contributed by atoms with Gasteiger partial charge in [-0.1, -0.05) is 0 Å². The normalized spacial score (nSPS) is 28.2. The van der Waals surface area contributed by atoms with Crippen molar-refractivity contribution in [3.63, 3.8) is 0 Å². The number of rotatable bonds is 4. The van der Waals surface area contributed by atoms with E-state index >= 15 is 0 Å². The number of ether oxygens (including phenoxy) is 3. The lowest BCUT2D eigenvalue weighted by Gasteiger charge is -1.99. The van der Waals surface area contributed by atoms with Crippen LogP contribution >= 0.6 is 0 Å². The van der Waals surface area contributed by atoms with Crippen molar-refractivity contribution in [1.29, 1.82) is 0 Å². The van der Waals surface area contributed by atoms with Crippen LogP contribution in [0.2, 0.25) is 0 Å². The monoisotopic (exact) mass is 160 g/mol. The fraction of sp³-hybridized carbons (Fsp3) is 0.857. The molecule has 0 bridgehead atoms. The van der Waals surface area contributed by atoms with Crippen molar-refractivity contribution in [3.8, 4) is 0 Å². The van der Waals surface area contributed by atoms with Crippen molar-refractivity contribution in [2.75, 3.05) is 20.3 Å². The first-order chi connectivity index (χ1) is 5.24. The number of hydrogen-bond donors (Lipinski definition) is 0. The van der Waals surface area contributed by atoms with Crippen LogP contribution in [0, 0.1) is 0 Å². The highest BCUT2D eigenvalue weighted by molar-refractivity contribution is 5.70. The first kappa shape index (κ1) is 8.49. The molecule has 1 aliphatic rings. The first-order valence-corrected chi connectivity index (χ1v) is 3.54. The summed E-state index contributed by atoms with van der Waals surface area (Å²) < 4.78 is 14.4. The average molecular weight is 160 g/mol. The van der Waals surface area contributed by atoms with E-state index in [9.17, 15) is 4.79 Å². The number of carbonyl (C=O) groups excluding carboxylic acids is 1. The van der Waals surface area contributed by atoms with Gasteiger partial charge in [0.1, 0.15) is 19.3 Å². The summed E-state index contributed by atoms with van der Waals surface area (Å²) in [6, 6.07) is 0. The van der Waals surface area contributed by atoms with Gasteiger partial charge in [0.2, 0.25) is 0 Å². The predicted octanol–water partition coefficient (Wildman–Crippen LogP) is -0.0367. The fourth-order valence-corrected chi connectivity index (χ4v) is 0.740. The van der Waals surface area contributed by atoms with Gasteiger partial charge in [-0.05, 0) is 6.92 Å². The molecule has 1 fully saturated rings. The summed E-state index contributed by atoms with van der Waals surface area (Å²) in [6.45, 7) is 2.30. The van der Waals surface area contributed by atoms with E-state index in [1.165, 1.54) is 7.11 Å². The van der Waals surface area contributed by atoms with Gasteiger partial charge in [0, 0.05) is 7.11 Å². The number of carbonyl (C=O) groups is 1. The van der Waals surface area contributed by atoms with Crippen molar-refractivity contribution in [2.24, 2.45) is 0 Å². The Balaban J connectivity index is 1.98. The van der Waals surface area contributed by atoms with Crippen molar-refractivity contribution in [3.05, 3.63) is 0 Å². The molecule has 0 aromatic carbocycles. The molecule has 0 aliphatic carbocycles. The molecule has 64 valence electrons. The molecule has 0 saturated carbocycles. The van der Waals surface area contributed by atoms with E-state index in [4.69, 9.17) is 9.47 Å². The third kappa shape index (κ3) is 2.86. The minimum absolute atomic E-state index is 0.0150. The van der Waals surface area contributed by atoms with Gasteiger partial charge in [-0.3, -0.25) is 0 Å². The molecule has 0 aromatic rings. The molecule has 0 amide bonds. The molecule has 11 heavy (non-hydrogen) atoms. The molecular formula is C7H12O4. The van der Waals surface area contributed by atoms with Crippen LogP contribution in [0.4, 0.5) is 0 Å². The van der Waals surface area contributed by atoms with Crippen molar-refractivity contribution in [1.82, 2.24) is 0 Å². The van der Waals surface area contributed by atoms with Gasteiger partial charge in [-0.2, -0.15) is 0 Å². The highest BCUT2D eigenvalue weighted by Crippen LogP contribution is 2.20. The molecule has 2 atom stereocenters. The van der Waals surface area contributed by atoms with Crippen molar-refractivity contribution in [2.45, 2.75) is 19.1 Å². The Hall–Kier alpha value is -0.610. The number of epoxide rings is 1. The van der Waals surface area contributed by atoms with E-state index in [-0.39, 0.29) is 24.8 Å². The van der Waals surface area contributed by atoms with Gasteiger partial charge in [0.15, 0.2) is 0 Å².